The number of aryl methyl sites for hydroxylation is 2. The summed E-state index contributed by atoms with van der Waals surface area (Å²) in [5.74, 6) is 1.07. The van der Waals surface area contributed by atoms with Gasteiger partial charge in [0.2, 0.25) is 0 Å². The summed E-state index contributed by atoms with van der Waals surface area (Å²) in [4.78, 5) is 0. The van der Waals surface area contributed by atoms with E-state index in [0.717, 1.165) is 34.4 Å². The van der Waals surface area contributed by atoms with Crippen molar-refractivity contribution in [3.8, 4) is 5.75 Å². The van der Waals surface area contributed by atoms with Crippen LogP contribution >= 0.6 is 12.4 Å². The van der Waals surface area contributed by atoms with Crippen molar-refractivity contribution in [3.05, 3.63) is 64.7 Å². The molecule has 138 valence electrons. The molecule has 2 rings (SSSR count). The van der Waals surface area contributed by atoms with Crippen LogP contribution in [0.3, 0.4) is 0 Å². The van der Waals surface area contributed by atoms with E-state index in [1.165, 1.54) is 0 Å². The van der Waals surface area contributed by atoms with Gasteiger partial charge in [-0.15, -0.1) is 12.4 Å². The summed E-state index contributed by atoms with van der Waals surface area (Å²) >= 11 is 0. The molecule has 0 saturated carbocycles. The first-order valence-corrected chi connectivity index (χ1v) is 8.65. The third-order valence-electron chi connectivity index (χ3n) is 4.69. The molecule has 0 spiro atoms. The van der Waals surface area contributed by atoms with E-state index in [-0.39, 0.29) is 24.4 Å². The highest BCUT2D eigenvalue weighted by molar-refractivity contribution is 5.85. The Balaban J connectivity index is 0.00000312. The Hall–Kier alpha value is -1.55. The fourth-order valence-electron chi connectivity index (χ4n) is 2.93. The number of aliphatic hydroxyl groups excluding tert-OH is 1. The van der Waals surface area contributed by atoms with Gasteiger partial charge >= 0.3 is 0 Å². The lowest BCUT2D eigenvalue weighted by Crippen LogP contribution is -2.31. The zero-order valence-electron chi connectivity index (χ0n) is 15.5. The van der Waals surface area contributed by atoms with Crippen LogP contribution in [0.15, 0.2) is 42.5 Å². The summed E-state index contributed by atoms with van der Waals surface area (Å²) in [5.41, 5.74) is 10.5. The van der Waals surface area contributed by atoms with Crippen molar-refractivity contribution in [2.24, 2.45) is 11.7 Å². The lowest BCUT2D eigenvalue weighted by molar-refractivity contribution is 0.0879. The molecule has 3 N–H and O–H groups in total. The predicted molar refractivity (Wildman–Crippen MR) is 106 cm³/mol. The smallest absolute Gasteiger partial charge is 0.125 e. The first-order valence-electron chi connectivity index (χ1n) is 8.65. The highest BCUT2D eigenvalue weighted by Gasteiger charge is 2.23. The average Bonchev–Trinajstić information content (AvgIpc) is 2.59. The van der Waals surface area contributed by atoms with Crippen molar-refractivity contribution in [1.82, 2.24) is 0 Å². The van der Waals surface area contributed by atoms with Crippen molar-refractivity contribution in [2.75, 3.05) is 0 Å². The molecule has 0 aliphatic rings. The van der Waals surface area contributed by atoms with Crippen molar-refractivity contribution >= 4 is 12.4 Å². The van der Waals surface area contributed by atoms with Crippen LogP contribution in [0.2, 0.25) is 0 Å². The van der Waals surface area contributed by atoms with Gasteiger partial charge in [-0.1, -0.05) is 62.7 Å². The Kier molecular flexibility index (Phi) is 8.43. The van der Waals surface area contributed by atoms with E-state index in [2.05, 4.69) is 19.1 Å². The van der Waals surface area contributed by atoms with Gasteiger partial charge in [0.05, 0.1) is 12.1 Å². The Morgan fingerprint density at radius 2 is 1.64 bits per heavy atom. The van der Waals surface area contributed by atoms with Crippen LogP contribution in [-0.4, -0.2) is 11.2 Å². The largest absolute Gasteiger partial charge is 0.488 e. The van der Waals surface area contributed by atoms with E-state index >= 15 is 0 Å². The molecule has 25 heavy (non-hydrogen) atoms. The van der Waals surface area contributed by atoms with Gasteiger partial charge < -0.3 is 15.6 Å². The SMILES string of the molecule is CCC(C)[C@@H](O)[C@@H](N)c1cc(C)c(OCc2ccccc2)c(C)c1.Cl. The second-order valence-electron chi connectivity index (χ2n) is 6.66. The summed E-state index contributed by atoms with van der Waals surface area (Å²) in [6, 6.07) is 13.8. The van der Waals surface area contributed by atoms with Crippen LogP contribution < -0.4 is 10.5 Å². The van der Waals surface area contributed by atoms with E-state index in [1.54, 1.807) is 0 Å². The molecule has 0 amide bonds. The van der Waals surface area contributed by atoms with Crippen LogP contribution in [0.5, 0.6) is 5.75 Å². The van der Waals surface area contributed by atoms with Gasteiger partial charge in [-0.25, -0.2) is 0 Å². The number of rotatable bonds is 7. The molecular formula is C21H30ClNO2. The van der Waals surface area contributed by atoms with Gasteiger partial charge in [0.25, 0.3) is 0 Å². The van der Waals surface area contributed by atoms with Crippen molar-refractivity contribution in [3.63, 3.8) is 0 Å². The Bertz CT molecular complexity index is 637. The molecule has 3 atom stereocenters. The highest BCUT2D eigenvalue weighted by Crippen LogP contribution is 2.30. The zero-order valence-corrected chi connectivity index (χ0v) is 16.3. The van der Waals surface area contributed by atoms with E-state index in [0.29, 0.717) is 6.61 Å². The Labute approximate surface area is 157 Å². The molecular weight excluding hydrogens is 334 g/mol. The zero-order chi connectivity index (χ0) is 17.7. The van der Waals surface area contributed by atoms with Gasteiger partial charge in [0, 0.05) is 0 Å². The number of hydrogen-bond acceptors (Lipinski definition) is 3. The third-order valence-corrected chi connectivity index (χ3v) is 4.69. The standard InChI is InChI=1S/C21H29NO2.ClH/c1-5-14(2)20(23)19(22)18-11-15(3)21(16(4)12-18)24-13-17-9-7-6-8-10-17;/h6-12,14,19-20,23H,5,13,22H2,1-4H3;1H/t14?,19-,20+;/m0./s1. The van der Waals surface area contributed by atoms with Gasteiger partial charge in [-0.05, 0) is 42.0 Å². The molecule has 2 aromatic rings. The summed E-state index contributed by atoms with van der Waals surface area (Å²) in [5, 5.41) is 10.4. The fraction of sp³-hybridized carbons (Fsp3) is 0.429. The third kappa shape index (κ3) is 5.46. The van der Waals surface area contributed by atoms with Crippen LogP contribution in [0.1, 0.15) is 48.6 Å². The molecule has 0 aliphatic heterocycles. The molecule has 0 heterocycles. The molecule has 0 fully saturated rings. The van der Waals surface area contributed by atoms with E-state index < -0.39 is 6.10 Å². The average molecular weight is 364 g/mol. The summed E-state index contributed by atoms with van der Waals surface area (Å²) < 4.78 is 6.01. The maximum Gasteiger partial charge on any atom is 0.125 e. The van der Waals surface area contributed by atoms with Crippen LogP contribution in [0, 0.1) is 19.8 Å². The number of halogens is 1. The number of nitrogens with two attached hydrogens (primary N) is 1. The molecule has 0 radical (unpaired) electrons. The molecule has 4 heteroatoms. The minimum atomic E-state index is -0.537. The van der Waals surface area contributed by atoms with Gasteiger partial charge in [0.1, 0.15) is 12.4 Å². The van der Waals surface area contributed by atoms with Crippen LogP contribution in [0.25, 0.3) is 0 Å². The monoisotopic (exact) mass is 363 g/mol. The first kappa shape index (κ1) is 21.5. The quantitative estimate of drug-likeness (QED) is 0.748. The molecule has 0 saturated heterocycles. The second kappa shape index (κ2) is 9.81. The van der Waals surface area contributed by atoms with Crippen LogP contribution in [-0.2, 0) is 6.61 Å². The van der Waals surface area contributed by atoms with Gasteiger partial charge in [0.15, 0.2) is 0 Å². The normalized spacial score (nSPS) is 14.3. The highest BCUT2D eigenvalue weighted by atomic mass is 35.5. The summed E-state index contributed by atoms with van der Waals surface area (Å²) in [6.45, 7) is 8.70. The minimum Gasteiger partial charge on any atom is -0.488 e. The van der Waals surface area contributed by atoms with Crippen molar-refractivity contribution in [1.29, 1.82) is 0 Å². The second-order valence-corrected chi connectivity index (χ2v) is 6.66. The number of hydrogen-bond donors (Lipinski definition) is 2. The number of benzene rings is 2. The van der Waals surface area contributed by atoms with Gasteiger partial charge in [-0.3, -0.25) is 0 Å². The summed E-state index contributed by atoms with van der Waals surface area (Å²) in [7, 11) is 0. The number of aliphatic hydroxyl groups is 1. The number of ether oxygens (including phenoxy) is 1. The van der Waals surface area contributed by atoms with E-state index in [4.69, 9.17) is 10.5 Å². The minimum absolute atomic E-state index is 0. The predicted octanol–water partition coefficient (Wildman–Crippen LogP) is 4.71. The topological polar surface area (TPSA) is 55.5 Å². The first-order chi connectivity index (χ1) is 11.4. The Morgan fingerprint density at radius 3 is 2.16 bits per heavy atom. The molecule has 0 aliphatic carbocycles. The van der Waals surface area contributed by atoms with E-state index in [1.807, 2.05) is 51.1 Å². The molecule has 0 bridgehead atoms. The Morgan fingerprint density at radius 1 is 1.08 bits per heavy atom. The van der Waals surface area contributed by atoms with Crippen molar-refractivity contribution < 1.29 is 9.84 Å². The van der Waals surface area contributed by atoms with Crippen LogP contribution in [0.4, 0.5) is 0 Å². The fourth-order valence-corrected chi connectivity index (χ4v) is 2.93. The lowest BCUT2D eigenvalue weighted by atomic mass is 9.90. The van der Waals surface area contributed by atoms with Crippen molar-refractivity contribution in [2.45, 2.75) is 52.9 Å². The van der Waals surface area contributed by atoms with E-state index in [9.17, 15) is 5.11 Å². The molecule has 3 nitrogen and oxygen atoms in total. The summed E-state index contributed by atoms with van der Waals surface area (Å²) in [6.07, 6.45) is 0.371. The molecule has 0 aromatic heterocycles. The maximum absolute atomic E-state index is 10.4. The maximum atomic E-state index is 10.4. The lowest BCUT2D eigenvalue weighted by Gasteiger charge is -2.25. The van der Waals surface area contributed by atoms with Gasteiger partial charge in [-0.2, -0.15) is 0 Å². The molecule has 1 unspecified atom stereocenters. The molecule has 2 aromatic carbocycles.